The molecule has 0 aliphatic rings. The molecule has 7 heteroatoms. The van der Waals surface area contributed by atoms with E-state index in [2.05, 4.69) is 35.7 Å². The van der Waals surface area contributed by atoms with Crippen LogP contribution >= 0.6 is 48.0 Å². The van der Waals surface area contributed by atoms with Crippen molar-refractivity contribution in [3.05, 3.63) is 33.8 Å². The summed E-state index contributed by atoms with van der Waals surface area (Å²) >= 11 is 19.9. The van der Waals surface area contributed by atoms with Crippen LogP contribution in [0.5, 0.6) is 0 Å². The summed E-state index contributed by atoms with van der Waals surface area (Å²) in [6.45, 7) is 0. The molecule has 1 rings (SSSR count). The predicted octanol–water partition coefficient (Wildman–Crippen LogP) is 2.44. The summed E-state index contributed by atoms with van der Waals surface area (Å²) in [5.74, 6) is -0.409. The van der Waals surface area contributed by atoms with Gasteiger partial charge in [0.1, 0.15) is 4.32 Å². The Morgan fingerprint density at radius 2 is 2.00 bits per heavy atom. The van der Waals surface area contributed by atoms with Gasteiger partial charge in [0.15, 0.2) is 0 Å². The van der Waals surface area contributed by atoms with Gasteiger partial charge in [0.05, 0.1) is 10.6 Å². The van der Waals surface area contributed by atoms with Crippen LogP contribution in [0.15, 0.2) is 18.2 Å². The zero-order valence-electron chi connectivity index (χ0n) is 7.25. The van der Waals surface area contributed by atoms with Gasteiger partial charge < -0.3 is 0 Å². The second-order valence-corrected chi connectivity index (χ2v) is 4.51. The third-order valence-electron chi connectivity index (χ3n) is 1.46. The lowest BCUT2D eigenvalue weighted by Crippen LogP contribution is -2.38. The van der Waals surface area contributed by atoms with Gasteiger partial charge in [0.2, 0.25) is 0 Å². The van der Waals surface area contributed by atoms with E-state index in [1.54, 1.807) is 6.07 Å². The van der Waals surface area contributed by atoms with E-state index in [1.807, 2.05) is 0 Å². The Kier molecular flexibility index (Phi) is 4.66. The molecule has 80 valence electrons. The Labute approximate surface area is 108 Å². The van der Waals surface area contributed by atoms with Crippen LogP contribution < -0.4 is 10.9 Å². The lowest BCUT2D eigenvalue weighted by atomic mass is 10.2. The second kappa shape index (κ2) is 5.55. The van der Waals surface area contributed by atoms with Gasteiger partial charge in [0, 0.05) is 5.02 Å². The smallest absolute Gasteiger partial charge is 0.271 e. The van der Waals surface area contributed by atoms with E-state index in [9.17, 15) is 4.79 Å². The molecule has 0 bridgehead atoms. The van der Waals surface area contributed by atoms with Crippen LogP contribution in [0.2, 0.25) is 10.0 Å². The number of nitrogens with one attached hydrogen (secondary N) is 2. The monoisotopic (exact) mass is 280 g/mol. The van der Waals surface area contributed by atoms with E-state index >= 15 is 0 Å². The highest BCUT2D eigenvalue weighted by atomic mass is 35.5. The zero-order valence-corrected chi connectivity index (χ0v) is 10.5. The van der Waals surface area contributed by atoms with Gasteiger partial charge in [-0.05, 0) is 18.2 Å². The van der Waals surface area contributed by atoms with Crippen LogP contribution in [0.25, 0.3) is 0 Å². The summed E-state index contributed by atoms with van der Waals surface area (Å²) < 4.78 is 0.161. The van der Waals surface area contributed by atoms with Gasteiger partial charge >= 0.3 is 0 Å². The van der Waals surface area contributed by atoms with Crippen molar-refractivity contribution in [1.29, 1.82) is 0 Å². The molecule has 3 nitrogen and oxygen atoms in total. The lowest BCUT2D eigenvalue weighted by Gasteiger charge is -2.07. The fourth-order valence-corrected chi connectivity index (χ4v) is 1.45. The Morgan fingerprint density at radius 1 is 1.33 bits per heavy atom. The van der Waals surface area contributed by atoms with E-state index in [0.29, 0.717) is 10.6 Å². The Hall–Kier alpha value is -0.490. The summed E-state index contributed by atoms with van der Waals surface area (Å²) in [4.78, 5) is 11.5. The highest BCUT2D eigenvalue weighted by molar-refractivity contribution is 8.11. The first-order valence-electron chi connectivity index (χ1n) is 3.75. The van der Waals surface area contributed by atoms with Crippen LogP contribution in [0.3, 0.4) is 0 Å². The average Bonchev–Trinajstić information content (AvgIpc) is 2.14. The number of halogens is 2. The number of carbonyl (C=O) groups is 1. The molecule has 15 heavy (non-hydrogen) atoms. The molecule has 0 atom stereocenters. The first-order valence-corrected chi connectivity index (χ1v) is 5.36. The molecule has 0 aromatic heterocycles. The summed E-state index contributed by atoms with van der Waals surface area (Å²) in [6.07, 6.45) is 0. The molecule has 0 saturated carbocycles. The van der Waals surface area contributed by atoms with Crippen molar-refractivity contribution in [2.24, 2.45) is 0 Å². The topological polar surface area (TPSA) is 41.1 Å². The molecule has 1 aromatic carbocycles. The van der Waals surface area contributed by atoms with E-state index < -0.39 is 5.91 Å². The lowest BCUT2D eigenvalue weighted by molar-refractivity contribution is 0.0945. The molecule has 1 aromatic rings. The van der Waals surface area contributed by atoms with E-state index in [0.717, 1.165) is 0 Å². The maximum Gasteiger partial charge on any atom is 0.271 e. The predicted molar refractivity (Wildman–Crippen MR) is 68.6 cm³/mol. The van der Waals surface area contributed by atoms with Crippen LogP contribution in [0.1, 0.15) is 10.4 Å². The van der Waals surface area contributed by atoms with Gasteiger partial charge in [-0.2, -0.15) is 0 Å². The molecule has 0 aliphatic carbocycles. The van der Waals surface area contributed by atoms with E-state index in [1.165, 1.54) is 12.1 Å². The highest BCUT2D eigenvalue weighted by Gasteiger charge is 2.09. The van der Waals surface area contributed by atoms with Crippen molar-refractivity contribution in [2.75, 3.05) is 0 Å². The summed E-state index contributed by atoms with van der Waals surface area (Å²) in [6, 6.07) is 4.57. The molecule has 0 saturated heterocycles. The minimum atomic E-state index is -0.409. The van der Waals surface area contributed by atoms with Gasteiger partial charge in [-0.1, -0.05) is 35.4 Å². The number of benzene rings is 1. The molecule has 1 amide bonds. The zero-order chi connectivity index (χ0) is 11.4. The van der Waals surface area contributed by atoms with Crippen LogP contribution in [0, 0.1) is 0 Å². The molecule has 0 fully saturated rings. The maximum absolute atomic E-state index is 11.5. The van der Waals surface area contributed by atoms with Crippen molar-refractivity contribution in [3.63, 3.8) is 0 Å². The van der Waals surface area contributed by atoms with Crippen molar-refractivity contribution in [2.45, 2.75) is 0 Å². The average molecular weight is 281 g/mol. The van der Waals surface area contributed by atoms with Gasteiger partial charge in [-0.3, -0.25) is 15.6 Å². The summed E-state index contributed by atoms with van der Waals surface area (Å²) in [7, 11) is 0. The highest BCUT2D eigenvalue weighted by Crippen LogP contribution is 2.20. The van der Waals surface area contributed by atoms with Crippen LogP contribution in [0.4, 0.5) is 0 Å². The molecule has 0 radical (unpaired) electrons. The van der Waals surface area contributed by atoms with Gasteiger partial charge in [-0.15, -0.1) is 12.6 Å². The van der Waals surface area contributed by atoms with Crippen molar-refractivity contribution in [3.8, 4) is 0 Å². The minimum absolute atomic E-state index is 0.161. The Morgan fingerprint density at radius 3 is 2.53 bits per heavy atom. The normalized spacial score (nSPS) is 9.53. The maximum atomic E-state index is 11.5. The molecule has 0 aliphatic heterocycles. The van der Waals surface area contributed by atoms with Gasteiger partial charge in [0.25, 0.3) is 5.91 Å². The second-order valence-electron chi connectivity index (χ2n) is 2.51. The van der Waals surface area contributed by atoms with Crippen molar-refractivity contribution in [1.82, 2.24) is 10.9 Å². The van der Waals surface area contributed by atoms with Crippen LogP contribution in [-0.4, -0.2) is 10.2 Å². The fraction of sp³-hybridized carbons (Fsp3) is 0. The number of rotatable bonds is 1. The number of thiol groups is 1. The molecular weight excluding hydrogens is 275 g/mol. The first-order chi connectivity index (χ1) is 7.00. The number of hydrogen-bond donors (Lipinski definition) is 3. The summed E-state index contributed by atoms with van der Waals surface area (Å²) in [5.41, 5.74) is 5.02. The molecular formula is C8H6Cl2N2OS2. The third-order valence-corrected chi connectivity index (χ3v) is 2.22. The first kappa shape index (κ1) is 12.6. The SMILES string of the molecule is O=C(NNC(=S)S)c1ccc(Cl)cc1Cl. The molecule has 0 unspecified atom stereocenters. The van der Waals surface area contributed by atoms with Crippen LogP contribution in [-0.2, 0) is 0 Å². The Balaban J connectivity index is 2.78. The van der Waals surface area contributed by atoms with Crippen molar-refractivity contribution < 1.29 is 4.79 Å². The van der Waals surface area contributed by atoms with E-state index in [-0.39, 0.29) is 9.34 Å². The fourth-order valence-electron chi connectivity index (χ4n) is 0.851. The molecule has 2 N–H and O–H groups in total. The number of hydrogen-bond acceptors (Lipinski definition) is 2. The number of amides is 1. The van der Waals surface area contributed by atoms with Gasteiger partial charge in [-0.25, -0.2) is 0 Å². The quantitative estimate of drug-likeness (QED) is 0.421. The standard InChI is InChI=1S/C8H6Cl2N2OS2/c9-4-1-2-5(6(10)3-4)7(13)11-12-8(14)15/h1-3H,(H,11,13)(H2,12,14,15). The Bertz CT molecular complexity index is 412. The van der Waals surface area contributed by atoms with Crippen molar-refractivity contribution >= 4 is 58.3 Å². The third kappa shape index (κ3) is 3.87. The largest absolute Gasteiger partial charge is 0.283 e. The number of thiocarbonyl (C=S) groups is 1. The number of carbonyl (C=O) groups excluding carboxylic acids is 1. The van der Waals surface area contributed by atoms with E-state index in [4.69, 9.17) is 23.2 Å². The number of hydrazine groups is 1. The molecule has 0 spiro atoms. The molecule has 0 heterocycles. The minimum Gasteiger partial charge on any atom is -0.283 e. The summed E-state index contributed by atoms with van der Waals surface area (Å²) in [5, 5.41) is 0.737.